The highest BCUT2D eigenvalue weighted by molar-refractivity contribution is 6.32. The highest BCUT2D eigenvalue weighted by Gasteiger charge is 2.25. The normalized spacial score (nSPS) is 11.5. The summed E-state index contributed by atoms with van der Waals surface area (Å²) in [4.78, 5) is 0. The van der Waals surface area contributed by atoms with E-state index in [9.17, 15) is 13.2 Å². The van der Waals surface area contributed by atoms with Gasteiger partial charge < -0.3 is 10.1 Å². The molecule has 6 heteroatoms. The number of para-hydroxylation sites is 1. The lowest BCUT2D eigenvalue weighted by Crippen LogP contribution is -2.31. The summed E-state index contributed by atoms with van der Waals surface area (Å²) >= 11 is 5.78. The van der Waals surface area contributed by atoms with Gasteiger partial charge in [-0.25, -0.2) is 0 Å². The summed E-state index contributed by atoms with van der Waals surface area (Å²) in [7, 11) is 0. The molecule has 0 aromatic heterocycles. The molecule has 16 heavy (non-hydrogen) atoms. The molecule has 0 radical (unpaired) electrons. The second-order valence-electron chi connectivity index (χ2n) is 3.07. The van der Waals surface area contributed by atoms with Crippen LogP contribution in [0.1, 0.15) is 0 Å². The zero-order chi connectivity index (χ0) is 12.0. The Morgan fingerprint density at radius 1 is 1.25 bits per heavy atom. The first-order valence-electron chi connectivity index (χ1n) is 4.64. The second-order valence-corrected chi connectivity index (χ2v) is 3.48. The lowest BCUT2D eigenvalue weighted by molar-refractivity contribution is -0.124. The summed E-state index contributed by atoms with van der Waals surface area (Å²) in [5.41, 5.74) is 0. The van der Waals surface area contributed by atoms with Crippen molar-refractivity contribution in [3.63, 3.8) is 0 Å². The number of rotatable bonds is 5. The van der Waals surface area contributed by atoms with E-state index in [1.807, 2.05) is 0 Å². The monoisotopic (exact) mass is 253 g/mol. The molecule has 2 nitrogen and oxygen atoms in total. The third kappa shape index (κ3) is 5.23. The van der Waals surface area contributed by atoms with E-state index in [0.717, 1.165) is 0 Å². The van der Waals surface area contributed by atoms with Gasteiger partial charge in [-0.1, -0.05) is 23.7 Å². The molecule has 0 heterocycles. The van der Waals surface area contributed by atoms with Crippen LogP contribution in [0.2, 0.25) is 5.02 Å². The lowest BCUT2D eigenvalue weighted by Gasteiger charge is -2.10. The molecule has 0 bridgehead atoms. The first-order valence-corrected chi connectivity index (χ1v) is 5.01. The molecule has 0 fully saturated rings. The van der Waals surface area contributed by atoms with Gasteiger partial charge in [-0.05, 0) is 12.1 Å². The number of halogens is 4. The first kappa shape index (κ1) is 13.1. The van der Waals surface area contributed by atoms with Crippen molar-refractivity contribution in [2.45, 2.75) is 6.18 Å². The third-order valence-electron chi connectivity index (χ3n) is 1.70. The Balaban J connectivity index is 2.19. The van der Waals surface area contributed by atoms with E-state index < -0.39 is 12.7 Å². The molecule has 1 rings (SSSR count). The van der Waals surface area contributed by atoms with Gasteiger partial charge in [-0.3, -0.25) is 0 Å². The maximum absolute atomic E-state index is 11.7. The van der Waals surface area contributed by atoms with Crippen LogP contribution in [0, 0.1) is 0 Å². The lowest BCUT2D eigenvalue weighted by atomic mass is 10.3. The highest BCUT2D eigenvalue weighted by atomic mass is 35.5. The Bertz CT molecular complexity index is 330. The van der Waals surface area contributed by atoms with Crippen LogP contribution in [-0.2, 0) is 0 Å². The van der Waals surface area contributed by atoms with Crippen LogP contribution in [0.3, 0.4) is 0 Å². The smallest absolute Gasteiger partial charge is 0.401 e. The molecule has 0 spiro atoms. The predicted molar refractivity (Wildman–Crippen MR) is 55.9 cm³/mol. The van der Waals surface area contributed by atoms with Crippen LogP contribution in [0.25, 0.3) is 0 Å². The zero-order valence-corrected chi connectivity index (χ0v) is 9.11. The topological polar surface area (TPSA) is 21.3 Å². The standard InChI is InChI=1S/C10H11ClF3NO/c11-8-3-1-2-4-9(8)16-6-5-15-7-10(12,13)14/h1-4,15H,5-7H2. The van der Waals surface area contributed by atoms with Crippen molar-refractivity contribution in [2.24, 2.45) is 0 Å². The van der Waals surface area contributed by atoms with Gasteiger partial charge >= 0.3 is 6.18 Å². The summed E-state index contributed by atoms with van der Waals surface area (Å²) in [6.45, 7) is -0.760. The van der Waals surface area contributed by atoms with E-state index in [0.29, 0.717) is 10.8 Å². The second kappa shape index (κ2) is 5.96. The van der Waals surface area contributed by atoms with Gasteiger partial charge in [-0.2, -0.15) is 13.2 Å². The molecule has 0 aliphatic carbocycles. The zero-order valence-electron chi connectivity index (χ0n) is 8.35. The van der Waals surface area contributed by atoms with Gasteiger partial charge in [-0.15, -0.1) is 0 Å². The van der Waals surface area contributed by atoms with Crippen LogP contribution in [0.5, 0.6) is 5.75 Å². The van der Waals surface area contributed by atoms with E-state index in [1.165, 1.54) is 0 Å². The third-order valence-corrected chi connectivity index (χ3v) is 2.01. The number of nitrogens with one attached hydrogen (secondary N) is 1. The number of hydrogen-bond acceptors (Lipinski definition) is 2. The van der Waals surface area contributed by atoms with Gasteiger partial charge in [0.2, 0.25) is 0 Å². The molecule has 0 atom stereocenters. The van der Waals surface area contributed by atoms with Crippen molar-refractivity contribution in [3.05, 3.63) is 29.3 Å². The van der Waals surface area contributed by atoms with Crippen molar-refractivity contribution in [1.29, 1.82) is 0 Å². The van der Waals surface area contributed by atoms with Crippen molar-refractivity contribution in [2.75, 3.05) is 19.7 Å². The van der Waals surface area contributed by atoms with Crippen molar-refractivity contribution < 1.29 is 17.9 Å². The maximum atomic E-state index is 11.7. The molecular formula is C10H11ClF3NO. The Kier molecular flexibility index (Phi) is 4.89. The molecule has 1 N–H and O–H groups in total. The summed E-state index contributed by atoms with van der Waals surface area (Å²) in [5, 5.41) is 2.66. The summed E-state index contributed by atoms with van der Waals surface area (Å²) in [6.07, 6.45) is -4.19. The molecule has 0 aliphatic rings. The Morgan fingerprint density at radius 3 is 2.56 bits per heavy atom. The molecule has 90 valence electrons. The highest BCUT2D eigenvalue weighted by Crippen LogP contribution is 2.22. The average molecular weight is 254 g/mol. The number of ether oxygens (including phenoxy) is 1. The van der Waals surface area contributed by atoms with E-state index >= 15 is 0 Å². The van der Waals surface area contributed by atoms with E-state index in [-0.39, 0.29) is 13.2 Å². The average Bonchev–Trinajstić information content (AvgIpc) is 2.18. The minimum Gasteiger partial charge on any atom is -0.491 e. The number of alkyl halides is 3. The summed E-state index contributed by atoms with van der Waals surface area (Å²) in [6, 6.07) is 6.80. The van der Waals surface area contributed by atoms with Gasteiger partial charge in [0.15, 0.2) is 0 Å². The van der Waals surface area contributed by atoms with E-state index in [4.69, 9.17) is 16.3 Å². The fraction of sp³-hybridized carbons (Fsp3) is 0.400. The molecule has 1 aromatic rings. The van der Waals surface area contributed by atoms with Crippen LogP contribution in [0.15, 0.2) is 24.3 Å². The molecular weight excluding hydrogens is 243 g/mol. The molecule has 1 aromatic carbocycles. The molecule has 0 unspecified atom stereocenters. The fourth-order valence-corrected chi connectivity index (χ4v) is 1.22. The predicted octanol–water partition coefficient (Wildman–Crippen LogP) is 2.87. The van der Waals surface area contributed by atoms with Crippen molar-refractivity contribution in [3.8, 4) is 5.75 Å². The van der Waals surface area contributed by atoms with Gasteiger partial charge in [0, 0.05) is 6.54 Å². The van der Waals surface area contributed by atoms with Crippen molar-refractivity contribution in [1.82, 2.24) is 5.32 Å². The van der Waals surface area contributed by atoms with E-state index in [1.54, 1.807) is 24.3 Å². The Morgan fingerprint density at radius 2 is 1.94 bits per heavy atom. The van der Waals surface area contributed by atoms with Gasteiger partial charge in [0.05, 0.1) is 11.6 Å². The van der Waals surface area contributed by atoms with Crippen LogP contribution >= 0.6 is 11.6 Å². The Labute approximate surface area is 96.4 Å². The molecule has 0 amide bonds. The maximum Gasteiger partial charge on any atom is 0.401 e. The number of hydrogen-bond donors (Lipinski definition) is 1. The van der Waals surface area contributed by atoms with E-state index in [2.05, 4.69) is 5.32 Å². The van der Waals surface area contributed by atoms with Gasteiger partial charge in [0.25, 0.3) is 0 Å². The minimum atomic E-state index is -4.19. The van der Waals surface area contributed by atoms with Crippen molar-refractivity contribution >= 4 is 11.6 Å². The molecule has 0 aliphatic heterocycles. The molecule has 0 saturated carbocycles. The first-order chi connectivity index (χ1) is 7.49. The summed E-state index contributed by atoms with van der Waals surface area (Å²) < 4.78 is 40.4. The Hall–Kier alpha value is -0.940. The summed E-state index contributed by atoms with van der Waals surface area (Å²) in [5.74, 6) is 0.470. The molecule has 0 saturated heterocycles. The van der Waals surface area contributed by atoms with Crippen LogP contribution in [-0.4, -0.2) is 25.9 Å². The number of benzene rings is 1. The minimum absolute atomic E-state index is 0.116. The van der Waals surface area contributed by atoms with Crippen LogP contribution < -0.4 is 10.1 Å². The SMILES string of the molecule is FC(F)(F)CNCCOc1ccccc1Cl. The quantitative estimate of drug-likeness (QED) is 0.815. The fourth-order valence-electron chi connectivity index (χ4n) is 1.03. The van der Waals surface area contributed by atoms with Gasteiger partial charge in [0.1, 0.15) is 12.4 Å². The van der Waals surface area contributed by atoms with Crippen LogP contribution in [0.4, 0.5) is 13.2 Å². The largest absolute Gasteiger partial charge is 0.491 e.